The third kappa shape index (κ3) is 7.31. The molecule has 2 rings (SSSR count). The first-order valence-corrected chi connectivity index (χ1v) is 11.6. The monoisotopic (exact) mass is 461 g/mol. The van der Waals surface area contributed by atoms with Gasteiger partial charge >= 0.3 is 0 Å². The quantitative estimate of drug-likeness (QED) is 0.296. The average molecular weight is 462 g/mol. The van der Waals surface area contributed by atoms with Crippen LogP contribution in [0.5, 0.6) is 17.2 Å². The number of rotatable bonds is 12. The second kappa shape index (κ2) is 11.8. The van der Waals surface area contributed by atoms with Crippen LogP contribution in [0.3, 0.4) is 0 Å². The van der Waals surface area contributed by atoms with Crippen LogP contribution in [0.25, 0.3) is 0 Å². The highest BCUT2D eigenvalue weighted by atomic mass is 32.2. The summed E-state index contributed by atoms with van der Waals surface area (Å²) >= 11 is 0. The minimum Gasteiger partial charge on any atom is -0.494 e. The molecule has 1 amide bonds. The summed E-state index contributed by atoms with van der Waals surface area (Å²) in [6, 6.07) is 11.6. The van der Waals surface area contributed by atoms with Crippen molar-refractivity contribution in [1.29, 1.82) is 0 Å². The van der Waals surface area contributed by atoms with Gasteiger partial charge in [0.15, 0.2) is 11.5 Å². The fraction of sp³-hybridized carbons (Fsp3) is 0.273. The smallest absolute Gasteiger partial charge is 0.260 e. The number of carbonyl (C=O) groups is 1. The number of hydrogen-bond acceptors (Lipinski definition) is 7. The van der Waals surface area contributed by atoms with Crippen LogP contribution >= 0.6 is 0 Å². The zero-order valence-corrected chi connectivity index (χ0v) is 19.1. The van der Waals surface area contributed by atoms with Gasteiger partial charge in [-0.3, -0.25) is 9.10 Å². The largest absolute Gasteiger partial charge is 0.494 e. The number of sulfonamides is 1. The molecule has 0 saturated carbocycles. The lowest BCUT2D eigenvalue weighted by Crippen LogP contribution is -2.39. The fourth-order valence-electron chi connectivity index (χ4n) is 2.65. The molecule has 0 saturated heterocycles. The lowest BCUT2D eigenvalue weighted by molar-refractivity contribution is -0.119. The van der Waals surface area contributed by atoms with Gasteiger partial charge in [-0.15, -0.1) is 0 Å². The SMILES string of the molecule is C=CCOc1ccc(/C=N\NC(=O)CN(c2ccc(OCC)cc2)S(C)(=O)=O)cc1OC. The van der Waals surface area contributed by atoms with E-state index in [-0.39, 0.29) is 0 Å². The highest BCUT2D eigenvalue weighted by molar-refractivity contribution is 7.92. The van der Waals surface area contributed by atoms with Crippen molar-refractivity contribution in [2.75, 3.05) is 37.4 Å². The maximum atomic E-state index is 12.3. The average Bonchev–Trinajstić information content (AvgIpc) is 2.76. The molecule has 0 aliphatic heterocycles. The summed E-state index contributed by atoms with van der Waals surface area (Å²) in [4.78, 5) is 12.3. The minimum absolute atomic E-state index is 0.338. The normalized spacial score (nSPS) is 11.1. The molecule has 10 heteroatoms. The first kappa shape index (κ1) is 24.7. The second-order valence-corrected chi connectivity index (χ2v) is 8.41. The van der Waals surface area contributed by atoms with Crippen molar-refractivity contribution < 1.29 is 27.4 Å². The number of nitrogens with zero attached hydrogens (tertiary/aromatic N) is 2. The van der Waals surface area contributed by atoms with Gasteiger partial charge in [0.2, 0.25) is 10.0 Å². The Morgan fingerprint density at radius 1 is 1.16 bits per heavy atom. The molecule has 0 spiro atoms. The van der Waals surface area contributed by atoms with E-state index in [9.17, 15) is 13.2 Å². The number of amides is 1. The lowest BCUT2D eigenvalue weighted by Gasteiger charge is -2.21. The first-order valence-electron chi connectivity index (χ1n) is 9.72. The summed E-state index contributed by atoms with van der Waals surface area (Å²) in [5.41, 5.74) is 3.33. The third-order valence-corrected chi connectivity index (χ3v) is 5.21. The van der Waals surface area contributed by atoms with Gasteiger partial charge in [0.1, 0.15) is 18.9 Å². The molecule has 0 bridgehead atoms. The Morgan fingerprint density at radius 3 is 2.47 bits per heavy atom. The van der Waals surface area contributed by atoms with Gasteiger partial charge in [0, 0.05) is 0 Å². The van der Waals surface area contributed by atoms with E-state index >= 15 is 0 Å². The minimum atomic E-state index is -3.69. The number of nitrogens with one attached hydrogen (secondary N) is 1. The molecule has 0 heterocycles. The molecule has 0 aliphatic carbocycles. The molecule has 9 nitrogen and oxygen atoms in total. The van der Waals surface area contributed by atoms with E-state index in [1.807, 2.05) is 6.92 Å². The number of hydrogen-bond donors (Lipinski definition) is 1. The Hall–Kier alpha value is -3.53. The molecule has 0 aromatic heterocycles. The number of hydrazone groups is 1. The van der Waals surface area contributed by atoms with Crippen molar-refractivity contribution in [2.24, 2.45) is 5.10 Å². The maximum absolute atomic E-state index is 12.3. The molecule has 2 aromatic rings. The van der Waals surface area contributed by atoms with E-state index < -0.39 is 22.5 Å². The molecule has 1 N–H and O–H groups in total. The van der Waals surface area contributed by atoms with Crippen molar-refractivity contribution >= 4 is 27.8 Å². The van der Waals surface area contributed by atoms with Crippen LogP contribution in [0.2, 0.25) is 0 Å². The Kier molecular flexibility index (Phi) is 9.08. The molecular formula is C22H27N3O6S. The standard InChI is InChI=1S/C22H27N3O6S/c1-5-13-31-20-12-7-17(14-21(20)29-3)15-23-24-22(26)16-25(32(4,27)28)18-8-10-19(11-9-18)30-6-2/h5,7-12,14-15H,1,6,13,16H2,2-4H3,(H,24,26)/b23-15-. The molecule has 0 fully saturated rings. The van der Waals surface area contributed by atoms with Crippen LogP contribution in [0.1, 0.15) is 12.5 Å². The van der Waals surface area contributed by atoms with Gasteiger partial charge in [-0.2, -0.15) is 5.10 Å². The molecule has 2 aromatic carbocycles. The van der Waals surface area contributed by atoms with Crippen molar-refractivity contribution in [2.45, 2.75) is 6.92 Å². The van der Waals surface area contributed by atoms with Crippen molar-refractivity contribution in [1.82, 2.24) is 5.43 Å². The van der Waals surface area contributed by atoms with Gasteiger partial charge in [0.05, 0.1) is 31.9 Å². The second-order valence-electron chi connectivity index (χ2n) is 6.50. The van der Waals surface area contributed by atoms with E-state index in [4.69, 9.17) is 14.2 Å². The van der Waals surface area contributed by atoms with Gasteiger partial charge < -0.3 is 14.2 Å². The summed E-state index contributed by atoms with van der Waals surface area (Å²) in [6.07, 6.45) is 4.07. The summed E-state index contributed by atoms with van der Waals surface area (Å²) in [7, 11) is -2.18. The van der Waals surface area contributed by atoms with E-state index in [2.05, 4.69) is 17.1 Å². The molecule has 0 unspecified atom stereocenters. The Balaban J connectivity index is 2.05. The summed E-state index contributed by atoms with van der Waals surface area (Å²) in [6.45, 7) is 5.85. The van der Waals surface area contributed by atoms with E-state index in [0.29, 0.717) is 41.7 Å². The van der Waals surface area contributed by atoms with Gasteiger partial charge in [-0.05, 0) is 55.0 Å². The van der Waals surface area contributed by atoms with Crippen LogP contribution in [0.4, 0.5) is 5.69 Å². The van der Waals surface area contributed by atoms with Crippen molar-refractivity contribution in [3.05, 3.63) is 60.7 Å². The number of ether oxygens (including phenoxy) is 3. The zero-order chi connectivity index (χ0) is 23.6. The molecule has 0 radical (unpaired) electrons. The van der Waals surface area contributed by atoms with E-state index in [1.165, 1.54) is 13.3 Å². The number of carbonyl (C=O) groups excluding carboxylic acids is 1. The van der Waals surface area contributed by atoms with Crippen LogP contribution in [-0.2, 0) is 14.8 Å². The Bertz CT molecular complexity index is 1050. The molecule has 0 aliphatic rings. The van der Waals surface area contributed by atoms with Crippen LogP contribution in [0, 0.1) is 0 Å². The lowest BCUT2D eigenvalue weighted by atomic mass is 10.2. The number of methoxy groups -OCH3 is 1. The highest BCUT2D eigenvalue weighted by Crippen LogP contribution is 2.27. The predicted octanol–water partition coefficient (Wildman–Crippen LogP) is 2.58. The van der Waals surface area contributed by atoms with Crippen LogP contribution in [0.15, 0.2) is 60.2 Å². The predicted molar refractivity (Wildman–Crippen MR) is 124 cm³/mol. The highest BCUT2D eigenvalue weighted by Gasteiger charge is 2.20. The van der Waals surface area contributed by atoms with Crippen molar-refractivity contribution in [3.8, 4) is 17.2 Å². The van der Waals surface area contributed by atoms with Gasteiger partial charge in [0.25, 0.3) is 5.91 Å². The first-order chi connectivity index (χ1) is 15.3. The van der Waals surface area contributed by atoms with E-state index in [1.54, 1.807) is 48.5 Å². The van der Waals surface area contributed by atoms with Gasteiger partial charge in [-0.25, -0.2) is 13.8 Å². The third-order valence-electron chi connectivity index (χ3n) is 4.07. The molecular weight excluding hydrogens is 434 g/mol. The number of benzene rings is 2. The Morgan fingerprint density at radius 2 is 1.88 bits per heavy atom. The molecule has 172 valence electrons. The van der Waals surface area contributed by atoms with Crippen LogP contribution in [-0.4, -0.2) is 53.7 Å². The Labute approximate surface area is 188 Å². The summed E-state index contributed by atoms with van der Waals surface area (Å²) in [5, 5.41) is 3.90. The fourth-order valence-corrected chi connectivity index (χ4v) is 3.51. The molecule has 0 atom stereocenters. The van der Waals surface area contributed by atoms with Crippen LogP contribution < -0.4 is 23.9 Å². The van der Waals surface area contributed by atoms with Gasteiger partial charge in [-0.1, -0.05) is 12.7 Å². The topological polar surface area (TPSA) is 107 Å². The summed E-state index contributed by atoms with van der Waals surface area (Å²) in [5.74, 6) is 1.06. The molecule has 32 heavy (non-hydrogen) atoms. The van der Waals surface area contributed by atoms with Crippen molar-refractivity contribution in [3.63, 3.8) is 0 Å². The zero-order valence-electron chi connectivity index (χ0n) is 18.3. The summed E-state index contributed by atoms with van der Waals surface area (Å²) < 4.78 is 41.5. The maximum Gasteiger partial charge on any atom is 0.260 e. The number of anilines is 1. The van der Waals surface area contributed by atoms with E-state index in [0.717, 1.165) is 10.6 Å².